The van der Waals surface area contributed by atoms with Gasteiger partial charge in [0.25, 0.3) is 0 Å². The Morgan fingerprint density at radius 3 is 2.62 bits per heavy atom. The van der Waals surface area contributed by atoms with Gasteiger partial charge in [0.1, 0.15) is 11.8 Å². The number of nitriles is 1. The lowest BCUT2D eigenvalue weighted by molar-refractivity contribution is 0.341. The first-order valence-corrected chi connectivity index (χ1v) is 8.21. The molecule has 0 radical (unpaired) electrons. The van der Waals surface area contributed by atoms with Gasteiger partial charge in [0.2, 0.25) is 0 Å². The van der Waals surface area contributed by atoms with Crippen molar-refractivity contribution in [3.8, 4) is 11.8 Å². The summed E-state index contributed by atoms with van der Waals surface area (Å²) in [5, 5.41) is 8.96. The molecule has 0 N–H and O–H groups in total. The summed E-state index contributed by atoms with van der Waals surface area (Å²) in [7, 11) is -0.971. The fraction of sp³-hybridized carbons (Fsp3) is 0.235. The molecule has 2 aromatic carbocycles. The summed E-state index contributed by atoms with van der Waals surface area (Å²) in [6.45, 7) is 2.36. The minimum absolute atomic E-state index is 0.344. The maximum absolute atomic E-state index is 12.1. The van der Waals surface area contributed by atoms with Gasteiger partial charge in [-0.25, -0.2) is 0 Å². The van der Waals surface area contributed by atoms with Crippen molar-refractivity contribution in [2.45, 2.75) is 12.7 Å². The van der Waals surface area contributed by atoms with Crippen molar-refractivity contribution < 1.29 is 8.95 Å². The molecule has 0 spiro atoms. The maximum Gasteiger partial charge on any atom is 0.137 e. The number of hydrogen-bond donors (Lipinski definition) is 0. The Balaban J connectivity index is 1.85. The lowest BCUT2D eigenvalue weighted by Gasteiger charge is -2.08. The SMILES string of the molecule is Cc1ccccc1CS(=O)CCOc1ccccc1C#N. The molecular weight excluding hydrogens is 282 g/mol. The van der Waals surface area contributed by atoms with Crippen LogP contribution in [0, 0.1) is 18.3 Å². The van der Waals surface area contributed by atoms with Gasteiger partial charge in [-0.15, -0.1) is 0 Å². The normalized spacial score (nSPS) is 11.6. The highest BCUT2D eigenvalue weighted by Crippen LogP contribution is 2.16. The average Bonchev–Trinajstić information content (AvgIpc) is 2.50. The Morgan fingerprint density at radius 2 is 1.86 bits per heavy atom. The first kappa shape index (κ1) is 15.3. The van der Waals surface area contributed by atoms with Gasteiger partial charge < -0.3 is 4.74 Å². The van der Waals surface area contributed by atoms with Crippen molar-refractivity contribution in [1.82, 2.24) is 0 Å². The third kappa shape index (κ3) is 4.44. The molecule has 1 unspecified atom stereocenters. The Morgan fingerprint density at radius 1 is 1.14 bits per heavy atom. The second-order valence-corrected chi connectivity index (χ2v) is 6.25. The van der Waals surface area contributed by atoms with Crippen LogP contribution in [0.2, 0.25) is 0 Å². The first-order chi connectivity index (χ1) is 10.2. The Kier molecular flexibility index (Phi) is 5.53. The molecule has 0 saturated carbocycles. The van der Waals surface area contributed by atoms with Crippen molar-refractivity contribution in [2.75, 3.05) is 12.4 Å². The van der Waals surface area contributed by atoms with Crippen molar-refractivity contribution in [2.24, 2.45) is 0 Å². The van der Waals surface area contributed by atoms with E-state index in [0.717, 1.165) is 11.1 Å². The number of benzene rings is 2. The molecule has 2 rings (SSSR count). The van der Waals surface area contributed by atoms with Crippen LogP contribution in [-0.2, 0) is 16.6 Å². The van der Waals surface area contributed by atoms with E-state index in [1.807, 2.05) is 37.3 Å². The van der Waals surface area contributed by atoms with E-state index in [1.165, 1.54) is 0 Å². The van der Waals surface area contributed by atoms with Crippen LogP contribution in [0.3, 0.4) is 0 Å². The molecule has 0 aliphatic heterocycles. The largest absolute Gasteiger partial charge is 0.491 e. The van der Waals surface area contributed by atoms with E-state index in [1.54, 1.807) is 18.2 Å². The smallest absolute Gasteiger partial charge is 0.137 e. The molecule has 0 bridgehead atoms. The number of nitrogens with zero attached hydrogens (tertiary/aromatic N) is 1. The highest BCUT2D eigenvalue weighted by atomic mass is 32.2. The minimum atomic E-state index is -0.971. The second-order valence-electron chi connectivity index (χ2n) is 4.67. The van der Waals surface area contributed by atoms with Crippen LogP contribution in [0.5, 0.6) is 5.75 Å². The molecule has 0 saturated heterocycles. The molecule has 108 valence electrons. The lowest BCUT2D eigenvalue weighted by Crippen LogP contribution is -2.11. The maximum atomic E-state index is 12.1. The molecule has 3 nitrogen and oxygen atoms in total. The molecule has 2 aromatic rings. The summed E-state index contributed by atoms with van der Waals surface area (Å²) >= 11 is 0. The monoisotopic (exact) mass is 299 g/mol. The molecule has 0 aliphatic rings. The predicted octanol–water partition coefficient (Wildman–Crippen LogP) is 3.19. The van der Waals surface area contributed by atoms with Crippen LogP contribution >= 0.6 is 0 Å². The van der Waals surface area contributed by atoms with E-state index >= 15 is 0 Å². The molecule has 0 aliphatic carbocycles. The number of rotatable bonds is 6. The fourth-order valence-corrected chi connectivity index (χ4v) is 3.03. The van der Waals surface area contributed by atoms with Gasteiger partial charge in [-0.1, -0.05) is 36.4 Å². The Labute approximate surface area is 127 Å². The molecule has 21 heavy (non-hydrogen) atoms. The summed E-state index contributed by atoms with van der Waals surface area (Å²) in [5.41, 5.74) is 2.76. The van der Waals surface area contributed by atoms with Crippen LogP contribution < -0.4 is 4.74 Å². The third-order valence-corrected chi connectivity index (χ3v) is 4.41. The van der Waals surface area contributed by atoms with Gasteiger partial charge in [-0.05, 0) is 30.2 Å². The highest BCUT2D eigenvalue weighted by Gasteiger charge is 2.06. The van der Waals surface area contributed by atoms with Crippen LogP contribution in [0.1, 0.15) is 16.7 Å². The van der Waals surface area contributed by atoms with Crippen molar-refractivity contribution in [3.63, 3.8) is 0 Å². The average molecular weight is 299 g/mol. The number of ether oxygens (including phenoxy) is 1. The van der Waals surface area contributed by atoms with E-state index in [2.05, 4.69) is 6.07 Å². The van der Waals surface area contributed by atoms with E-state index in [9.17, 15) is 4.21 Å². The van der Waals surface area contributed by atoms with Crippen LogP contribution in [0.15, 0.2) is 48.5 Å². The summed E-state index contributed by atoms with van der Waals surface area (Å²) in [5.74, 6) is 1.54. The van der Waals surface area contributed by atoms with Crippen LogP contribution in [-0.4, -0.2) is 16.6 Å². The lowest BCUT2D eigenvalue weighted by atomic mass is 10.1. The fourth-order valence-electron chi connectivity index (χ4n) is 1.95. The highest BCUT2D eigenvalue weighted by molar-refractivity contribution is 7.84. The van der Waals surface area contributed by atoms with Gasteiger partial charge in [0, 0.05) is 16.6 Å². The summed E-state index contributed by atoms with van der Waals surface area (Å²) in [6, 6.07) is 17.1. The number of aryl methyl sites for hydroxylation is 1. The van der Waals surface area contributed by atoms with Crippen molar-refractivity contribution >= 4 is 10.8 Å². The summed E-state index contributed by atoms with van der Waals surface area (Å²) < 4.78 is 17.6. The minimum Gasteiger partial charge on any atom is -0.491 e. The van der Waals surface area contributed by atoms with E-state index < -0.39 is 10.8 Å². The molecule has 0 amide bonds. The zero-order chi connectivity index (χ0) is 15.1. The van der Waals surface area contributed by atoms with E-state index in [4.69, 9.17) is 10.00 Å². The van der Waals surface area contributed by atoms with Gasteiger partial charge >= 0.3 is 0 Å². The zero-order valence-electron chi connectivity index (χ0n) is 11.9. The van der Waals surface area contributed by atoms with Gasteiger partial charge in [-0.3, -0.25) is 4.21 Å². The summed E-state index contributed by atoms with van der Waals surface area (Å²) in [6.07, 6.45) is 0. The van der Waals surface area contributed by atoms with Crippen LogP contribution in [0.25, 0.3) is 0 Å². The first-order valence-electron chi connectivity index (χ1n) is 6.72. The molecule has 4 heteroatoms. The molecule has 0 heterocycles. The molecule has 0 aromatic heterocycles. The Bertz CT molecular complexity index is 676. The van der Waals surface area contributed by atoms with Crippen LogP contribution in [0.4, 0.5) is 0 Å². The predicted molar refractivity (Wildman–Crippen MR) is 84.5 cm³/mol. The summed E-state index contributed by atoms with van der Waals surface area (Å²) in [4.78, 5) is 0. The molecule has 0 fully saturated rings. The zero-order valence-corrected chi connectivity index (χ0v) is 12.7. The number of para-hydroxylation sites is 1. The van der Waals surface area contributed by atoms with E-state index in [0.29, 0.717) is 29.4 Å². The second kappa shape index (κ2) is 7.61. The molecule has 1 atom stereocenters. The molecular formula is C17H17NO2S. The Hall–Kier alpha value is -2.12. The van der Waals surface area contributed by atoms with Crippen molar-refractivity contribution in [3.05, 3.63) is 65.2 Å². The third-order valence-electron chi connectivity index (χ3n) is 3.15. The van der Waals surface area contributed by atoms with Gasteiger partial charge in [0.05, 0.1) is 17.9 Å². The number of hydrogen-bond acceptors (Lipinski definition) is 3. The van der Waals surface area contributed by atoms with E-state index in [-0.39, 0.29) is 0 Å². The van der Waals surface area contributed by atoms with Crippen molar-refractivity contribution in [1.29, 1.82) is 5.26 Å². The standard InChI is InChI=1S/C17H17NO2S/c1-14-6-2-3-8-16(14)13-21(19)11-10-20-17-9-5-4-7-15(17)12-18/h2-9H,10-11,13H2,1H3. The topological polar surface area (TPSA) is 50.1 Å². The van der Waals surface area contributed by atoms with Gasteiger partial charge in [-0.2, -0.15) is 5.26 Å². The van der Waals surface area contributed by atoms with Gasteiger partial charge in [0.15, 0.2) is 0 Å². The quantitative estimate of drug-likeness (QED) is 0.823.